The lowest BCUT2D eigenvalue weighted by Crippen LogP contribution is -2.13. The second-order valence-corrected chi connectivity index (χ2v) is 8.17. The molecule has 0 aliphatic heterocycles. The third-order valence-electron chi connectivity index (χ3n) is 4.78. The number of carbonyl (C=O) groups is 2. The van der Waals surface area contributed by atoms with Gasteiger partial charge in [0.15, 0.2) is 0 Å². The number of nitrogens with one attached hydrogen (secondary N) is 1. The van der Waals surface area contributed by atoms with Crippen LogP contribution in [0.2, 0.25) is 0 Å². The monoisotopic (exact) mass is 455 g/mol. The van der Waals surface area contributed by atoms with Gasteiger partial charge >= 0.3 is 0 Å². The van der Waals surface area contributed by atoms with Gasteiger partial charge in [0.25, 0.3) is 0 Å². The molecule has 3 aromatic carbocycles. The van der Waals surface area contributed by atoms with Crippen LogP contribution in [0.25, 0.3) is 22.5 Å². The Morgan fingerprint density at radius 3 is 2.00 bits per heavy atom. The zero-order valence-corrected chi connectivity index (χ0v) is 18.5. The number of primary amides is 1. The van der Waals surface area contributed by atoms with Crippen LogP contribution in [0.5, 0.6) is 0 Å². The summed E-state index contributed by atoms with van der Waals surface area (Å²) in [5.74, 6) is -0.163. The number of thioether (sulfide) groups is 1. The van der Waals surface area contributed by atoms with E-state index in [2.05, 4.69) is 15.5 Å². The van der Waals surface area contributed by atoms with Gasteiger partial charge in [-0.3, -0.25) is 9.59 Å². The molecule has 2 amide bonds. The molecule has 0 saturated carbocycles. The molecule has 0 bridgehead atoms. The van der Waals surface area contributed by atoms with Crippen molar-refractivity contribution >= 4 is 29.3 Å². The number of nitrogens with two attached hydrogens (primary N) is 1. The van der Waals surface area contributed by atoms with Gasteiger partial charge in [-0.1, -0.05) is 72.4 Å². The first-order valence-corrected chi connectivity index (χ1v) is 11.3. The van der Waals surface area contributed by atoms with Gasteiger partial charge in [-0.2, -0.15) is 0 Å². The largest absolute Gasteiger partial charge is 0.366 e. The predicted octanol–water partition coefficient (Wildman–Crippen LogP) is 4.43. The van der Waals surface area contributed by atoms with Crippen molar-refractivity contribution in [1.82, 2.24) is 15.2 Å². The average molecular weight is 456 g/mol. The van der Waals surface area contributed by atoms with Gasteiger partial charge in [0.1, 0.15) is 11.4 Å². The average Bonchev–Trinajstić information content (AvgIpc) is 2.85. The highest BCUT2D eigenvalue weighted by Gasteiger charge is 2.14. The molecule has 1 aromatic heterocycles. The highest BCUT2D eigenvalue weighted by Crippen LogP contribution is 2.29. The van der Waals surface area contributed by atoms with Crippen molar-refractivity contribution in [1.29, 1.82) is 0 Å². The van der Waals surface area contributed by atoms with E-state index >= 15 is 0 Å². The third-order valence-corrected chi connectivity index (χ3v) is 5.61. The van der Waals surface area contributed by atoms with Gasteiger partial charge in [0, 0.05) is 34.6 Å². The van der Waals surface area contributed by atoms with E-state index in [1.807, 2.05) is 60.7 Å². The Kier molecular flexibility index (Phi) is 7.06. The van der Waals surface area contributed by atoms with Crippen LogP contribution < -0.4 is 11.1 Å². The normalized spacial score (nSPS) is 10.5. The lowest BCUT2D eigenvalue weighted by atomic mass is 10.0. The van der Waals surface area contributed by atoms with E-state index in [4.69, 9.17) is 10.7 Å². The fourth-order valence-electron chi connectivity index (χ4n) is 3.14. The van der Waals surface area contributed by atoms with Crippen LogP contribution in [-0.4, -0.2) is 32.7 Å². The summed E-state index contributed by atoms with van der Waals surface area (Å²) in [5.41, 5.74) is 9.57. The minimum Gasteiger partial charge on any atom is -0.366 e. The van der Waals surface area contributed by atoms with Gasteiger partial charge < -0.3 is 11.1 Å². The van der Waals surface area contributed by atoms with Crippen molar-refractivity contribution < 1.29 is 9.59 Å². The van der Waals surface area contributed by atoms with Crippen molar-refractivity contribution in [2.24, 2.45) is 5.73 Å². The van der Waals surface area contributed by atoms with Crippen LogP contribution in [0.1, 0.15) is 16.8 Å². The number of benzene rings is 3. The molecule has 3 N–H and O–H groups in total. The maximum Gasteiger partial charge on any atom is 0.248 e. The number of hydrogen-bond acceptors (Lipinski definition) is 6. The molecule has 0 saturated heterocycles. The third kappa shape index (κ3) is 5.81. The predicted molar refractivity (Wildman–Crippen MR) is 130 cm³/mol. The quantitative estimate of drug-likeness (QED) is 0.380. The molecule has 7 nitrogen and oxygen atoms in total. The highest BCUT2D eigenvalue weighted by atomic mass is 32.2. The van der Waals surface area contributed by atoms with Crippen molar-refractivity contribution in [3.05, 3.63) is 90.5 Å². The second kappa shape index (κ2) is 10.5. The number of amides is 2. The number of rotatable bonds is 8. The summed E-state index contributed by atoms with van der Waals surface area (Å²) >= 11 is 1.37. The first-order valence-electron chi connectivity index (χ1n) is 10.3. The molecule has 4 rings (SSSR count). The van der Waals surface area contributed by atoms with Gasteiger partial charge in [-0.25, -0.2) is 4.98 Å². The Hall–Kier alpha value is -4.04. The van der Waals surface area contributed by atoms with Crippen LogP contribution in [0.3, 0.4) is 0 Å². The second-order valence-electron chi connectivity index (χ2n) is 7.11. The zero-order chi connectivity index (χ0) is 23.0. The summed E-state index contributed by atoms with van der Waals surface area (Å²) in [6.45, 7) is 0. The SMILES string of the molecule is NC(=O)c1ccc(NC(=O)CCSc2nnc(-c3ccccc3)c(-c3ccccc3)n2)cc1. The van der Waals surface area contributed by atoms with Crippen molar-refractivity contribution in [3.63, 3.8) is 0 Å². The molecule has 0 spiro atoms. The van der Waals surface area contributed by atoms with Crippen molar-refractivity contribution in [3.8, 4) is 22.5 Å². The number of nitrogens with zero attached hydrogens (tertiary/aromatic N) is 3. The van der Waals surface area contributed by atoms with Crippen LogP contribution in [0.4, 0.5) is 5.69 Å². The molecule has 164 valence electrons. The van der Waals surface area contributed by atoms with E-state index in [-0.39, 0.29) is 12.3 Å². The summed E-state index contributed by atoms with van der Waals surface area (Å²) in [6.07, 6.45) is 0.271. The van der Waals surface area contributed by atoms with Gasteiger partial charge in [0.2, 0.25) is 17.0 Å². The molecule has 0 unspecified atom stereocenters. The number of carbonyl (C=O) groups excluding carboxylic acids is 2. The van der Waals surface area contributed by atoms with Gasteiger partial charge in [-0.15, -0.1) is 10.2 Å². The fourth-order valence-corrected chi connectivity index (χ4v) is 3.86. The van der Waals surface area contributed by atoms with Crippen molar-refractivity contribution in [2.45, 2.75) is 11.6 Å². The van der Waals surface area contributed by atoms with Crippen LogP contribution in [-0.2, 0) is 4.79 Å². The molecule has 4 aromatic rings. The Morgan fingerprint density at radius 1 is 0.788 bits per heavy atom. The Balaban J connectivity index is 1.43. The van der Waals surface area contributed by atoms with E-state index in [0.29, 0.717) is 27.9 Å². The maximum absolute atomic E-state index is 12.3. The topological polar surface area (TPSA) is 111 Å². The number of anilines is 1. The number of hydrogen-bond donors (Lipinski definition) is 2. The van der Waals surface area contributed by atoms with Crippen LogP contribution in [0.15, 0.2) is 90.1 Å². The van der Waals surface area contributed by atoms with E-state index in [1.165, 1.54) is 11.8 Å². The van der Waals surface area contributed by atoms with E-state index in [1.54, 1.807) is 24.3 Å². The Morgan fingerprint density at radius 2 is 1.39 bits per heavy atom. The van der Waals surface area contributed by atoms with E-state index in [0.717, 1.165) is 16.8 Å². The minimum absolute atomic E-state index is 0.147. The highest BCUT2D eigenvalue weighted by molar-refractivity contribution is 7.99. The summed E-state index contributed by atoms with van der Waals surface area (Å²) in [6, 6.07) is 26.1. The molecule has 0 fully saturated rings. The van der Waals surface area contributed by atoms with Gasteiger partial charge in [0.05, 0.1) is 0 Å². The first-order chi connectivity index (χ1) is 16.1. The Labute approximate surface area is 195 Å². The van der Waals surface area contributed by atoms with E-state index < -0.39 is 5.91 Å². The molecule has 1 heterocycles. The summed E-state index contributed by atoms with van der Waals surface area (Å²) in [4.78, 5) is 28.2. The minimum atomic E-state index is -0.508. The van der Waals surface area contributed by atoms with Crippen LogP contribution >= 0.6 is 11.8 Å². The van der Waals surface area contributed by atoms with Crippen LogP contribution in [0, 0.1) is 0 Å². The zero-order valence-electron chi connectivity index (χ0n) is 17.6. The molecule has 0 radical (unpaired) electrons. The lowest BCUT2D eigenvalue weighted by molar-refractivity contribution is -0.115. The summed E-state index contributed by atoms with van der Waals surface area (Å²) in [5, 5.41) is 12.0. The first kappa shape index (κ1) is 22.2. The van der Waals surface area contributed by atoms with Crippen molar-refractivity contribution in [2.75, 3.05) is 11.1 Å². The molecular formula is C25H21N5O2S. The summed E-state index contributed by atoms with van der Waals surface area (Å²) in [7, 11) is 0. The number of aromatic nitrogens is 3. The fraction of sp³-hybridized carbons (Fsp3) is 0.0800. The molecule has 33 heavy (non-hydrogen) atoms. The molecule has 8 heteroatoms. The standard InChI is InChI=1S/C25H21N5O2S/c26-24(32)19-11-13-20(14-12-19)27-21(31)15-16-33-25-28-22(17-7-3-1-4-8-17)23(29-30-25)18-9-5-2-6-10-18/h1-14H,15-16H2,(H2,26,32)(H,27,31). The molecular weight excluding hydrogens is 434 g/mol. The summed E-state index contributed by atoms with van der Waals surface area (Å²) < 4.78 is 0. The molecule has 0 aliphatic rings. The lowest BCUT2D eigenvalue weighted by Gasteiger charge is -2.09. The smallest absolute Gasteiger partial charge is 0.248 e. The molecule has 0 aliphatic carbocycles. The molecule has 0 atom stereocenters. The maximum atomic E-state index is 12.3. The van der Waals surface area contributed by atoms with E-state index in [9.17, 15) is 9.59 Å². The Bertz CT molecular complexity index is 1250. The van der Waals surface area contributed by atoms with Gasteiger partial charge in [-0.05, 0) is 24.3 Å².